The Morgan fingerprint density at radius 3 is 0.940 bits per heavy atom. The van der Waals surface area contributed by atoms with E-state index in [0.29, 0.717) is 153 Å². The van der Waals surface area contributed by atoms with Crippen LogP contribution >= 0.6 is 0 Å². The van der Waals surface area contributed by atoms with Gasteiger partial charge in [0.25, 0.3) is 35.4 Å². The number of imide groups is 3. The van der Waals surface area contributed by atoms with Gasteiger partial charge in [-0.05, 0) is 204 Å². The molecule has 0 aliphatic carbocycles. The maximum absolute atomic E-state index is 12.1. The molecule has 40 nitrogen and oxygen atoms in total. The largest absolute Gasteiger partial charge is 0.508 e. The molecule has 0 radical (unpaired) electrons. The molecule has 9 heterocycles. The van der Waals surface area contributed by atoms with Crippen LogP contribution in [-0.2, 0) is 144 Å². The Balaban J connectivity index is 0.000000187. The fourth-order valence-corrected chi connectivity index (χ4v) is 17.9. The Labute approximate surface area is 868 Å². The van der Waals surface area contributed by atoms with E-state index < -0.39 is 53.4 Å². The number of ether oxygens (including phenoxy) is 3. The standard InChI is InChI=1S/2C37H46N6O7.C36H44N6O8/c2*1-3-4-9-30-41-35-36(42(30)23-26-13-15-29(44)24(2)21-26)27-22-25(12-14-28(27)40-37(35)38)8-6-19-49-20-7-18-39-31(45)10-5-11-34(48)50-43-32(46)16-17-33(43)47;1-2-3-11-28-40-33-34(41(28)22-24-9-4-10-27(43)35(24)48)25-21-23(14-15-26(25)39-36(33)37)8-6-19-49-20-7-18-38-29(44)12-5-13-32(47)50-42-30(45)16-17-31(42)46/h2*12-15,21-22,44H,3-11,16-20,23H2,1-2H3,(H2,38,40)(H,39,45);4,9-10,14-15,21,43,48H,2-3,5-8,11-13,16-20,22H2,1H3,(H2,37,39)(H,38,44). The second-order valence-electron chi connectivity index (χ2n) is 37.8. The first-order valence-corrected chi connectivity index (χ1v) is 52.0. The zero-order valence-electron chi connectivity index (χ0n) is 85.9. The highest BCUT2D eigenvalue weighted by Gasteiger charge is 2.36. The molecule has 0 atom stereocenters. The van der Waals surface area contributed by atoms with Gasteiger partial charge in [-0.3, -0.25) is 43.2 Å². The number of aryl methyl sites for hydroxylation is 8. The first-order chi connectivity index (χ1) is 72.4. The lowest BCUT2D eigenvalue weighted by atomic mass is 10.1. The van der Waals surface area contributed by atoms with Crippen molar-refractivity contribution in [1.82, 2.24) is 74.7 Å². The Kier molecular flexibility index (Phi) is 41.1. The van der Waals surface area contributed by atoms with Crippen molar-refractivity contribution in [3.05, 3.63) is 171 Å². The van der Waals surface area contributed by atoms with Gasteiger partial charge in [0, 0.05) is 190 Å². The van der Waals surface area contributed by atoms with E-state index in [1.54, 1.807) is 24.3 Å². The van der Waals surface area contributed by atoms with Crippen molar-refractivity contribution in [2.45, 2.75) is 266 Å². The Hall–Kier alpha value is -15.3. The maximum atomic E-state index is 12.1. The van der Waals surface area contributed by atoms with E-state index in [0.717, 1.165) is 202 Å². The van der Waals surface area contributed by atoms with Crippen molar-refractivity contribution in [2.75, 3.05) is 76.5 Å². The molecule has 0 bridgehead atoms. The van der Waals surface area contributed by atoms with Crippen LogP contribution in [0.1, 0.15) is 256 Å². The number of para-hydroxylation sites is 1. The van der Waals surface area contributed by atoms with Crippen molar-refractivity contribution in [3.8, 4) is 23.0 Å². The zero-order valence-corrected chi connectivity index (χ0v) is 85.9. The predicted octanol–water partition coefficient (Wildman–Crippen LogP) is 13.8. The number of nitrogens with two attached hydrogens (primary N) is 3. The van der Waals surface area contributed by atoms with Crippen LogP contribution in [0.15, 0.2) is 109 Å². The third kappa shape index (κ3) is 30.7. The molecule has 0 saturated carbocycles. The number of unbranched alkanes of at least 4 members (excludes halogenated alkanes) is 3. The van der Waals surface area contributed by atoms with E-state index in [2.05, 4.69) is 95.7 Å². The fraction of sp³-hybridized carbons (Fsp3) is 0.455. The lowest BCUT2D eigenvalue weighted by Gasteiger charge is -2.13. The molecule has 6 aromatic heterocycles. The molecule has 3 fully saturated rings. The summed E-state index contributed by atoms with van der Waals surface area (Å²) < 4.78 is 24.0. The van der Waals surface area contributed by atoms with E-state index in [1.165, 1.54) is 6.07 Å². The summed E-state index contributed by atoms with van der Waals surface area (Å²) in [6, 6.07) is 34.9. The molecular formula is C110H136N18O22. The third-order valence-corrected chi connectivity index (χ3v) is 26.0. The van der Waals surface area contributed by atoms with Gasteiger partial charge in [0.2, 0.25) is 17.7 Å². The van der Waals surface area contributed by atoms with Gasteiger partial charge in [-0.15, -0.1) is 15.2 Å². The van der Waals surface area contributed by atoms with E-state index in [-0.39, 0.29) is 137 Å². The molecule has 3 aliphatic heterocycles. The Bertz CT molecular complexity index is 6580. The number of aromatic hydroxyl groups is 4. The summed E-state index contributed by atoms with van der Waals surface area (Å²) in [5, 5.41) is 53.7. The number of benzene rings is 6. The molecule has 0 unspecified atom stereocenters. The number of nitrogens with one attached hydrogen (secondary N) is 3. The minimum atomic E-state index is -0.720. The zero-order chi connectivity index (χ0) is 107. The minimum Gasteiger partial charge on any atom is -0.508 e. The van der Waals surface area contributed by atoms with Crippen molar-refractivity contribution in [2.24, 2.45) is 0 Å². The van der Waals surface area contributed by atoms with Gasteiger partial charge in [0.15, 0.2) is 29.0 Å². The number of nitrogen functional groups attached to an aromatic ring is 3. The highest BCUT2D eigenvalue weighted by molar-refractivity contribution is 6.10. The first-order valence-electron chi connectivity index (χ1n) is 52.0. The molecular weight excluding hydrogens is 1930 g/mol. The lowest BCUT2D eigenvalue weighted by Crippen LogP contribution is -2.32. The van der Waals surface area contributed by atoms with Gasteiger partial charge >= 0.3 is 17.9 Å². The van der Waals surface area contributed by atoms with Gasteiger partial charge < -0.3 is 96.0 Å². The second kappa shape index (κ2) is 55.1. The Morgan fingerprint density at radius 1 is 0.333 bits per heavy atom. The second-order valence-corrected chi connectivity index (χ2v) is 37.8. The number of phenolic OH excluding ortho intramolecular Hbond substituents is 4. The van der Waals surface area contributed by atoms with E-state index in [4.69, 9.17) is 60.9 Å². The number of hydrogen-bond donors (Lipinski definition) is 10. The number of imidazole rings is 3. The fourth-order valence-electron chi connectivity index (χ4n) is 17.9. The summed E-state index contributed by atoms with van der Waals surface area (Å²) in [6.07, 6.45) is 16.3. The number of rotatable bonds is 54. The maximum Gasteiger partial charge on any atom is 0.333 e. The molecule has 13 N–H and O–H groups in total. The van der Waals surface area contributed by atoms with Crippen LogP contribution in [0.2, 0.25) is 0 Å². The van der Waals surface area contributed by atoms with Crippen molar-refractivity contribution < 1.29 is 107 Å². The normalized spacial score (nSPS) is 13.1. The highest BCUT2D eigenvalue weighted by Crippen LogP contribution is 2.38. The average Bonchev–Trinajstić information content (AvgIpc) is 1.61. The van der Waals surface area contributed by atoms with Gasteiger partial charge in [0.1, 0.15) is 45.5 Å². The van der Waals surface area contributed by atoms with Crippen LogP contribution in [0.5, 0.6) is 23.0 Å². The molecule has 40 heteroatoms. The van der Waals surface area contributed by atoms with Crippen molar-refractivity contribution in [1.29, 1.82) is 0 Å². The topological polar surface area (TPSA) is 557 Å². The van der Waals surface area contributed by atoms with Gasteiger partial charge in [0.05, 0.1) is 39.6 Å². The lowest BCUT2D eigenvalue weighted by molar-refractivity contribution is -0.197. The molecule has 3 aliphatic rings. The molecule has 9 amide bonds. The smallest absolute Gasteiger partial charge is 0.333 e. The van der Waals surface area contributed by atoms with Crippen molar-refractivity contribution in [3.63, 3.8) is 0 Å². The number of phenols is 4. The number of carbonyl (C=O) groups excluding carboxylic acids is 12. The van der Waals surface area contributed by atoms with E-state index in [1.807, 2.05) is 62.4 Å². The van der Waals surface area contributed by atoms with Crippen LogP contribution in [0.3, 0.4) is 0 Å². The number of hydroxylamine groups is 6. The highest BCUT2D eigenvalue weighted by atomic mass is 16.7. The van der Waals surface area contributed by atoms with Crippen LogP contribution < -0.4 is 33.2 Å². The molecule has 150 heavy (non-hydrogen) atoms. The summed E-state index contributed by atoms with van der Waals surface area (Å²) in [7, 11) is 0. The number of amides is 9. The summed E-state index contributed by atoms with van der Waals surface area (Å²) in [4.78, 5) is 184. The number of nitrogens with zero attached hydrogens (tertiary/aromatic N) is 12. The summed E-state index contributed by atoms with van der Waals surface area (Å²) in [5.74, 6) is -1.72. The molecule has 6 aromatic carbocycles. The SMILES string of the molecule is CCCCc1nc2c(N)nc3ccc(CCCOCCCNC(=O)CCCC(=O)ON4C(=O)CCC4=O)cc3c2n1Cc1ccc(O)c(C)c1.CCCCc1nc2c(N)nc3ccc(CCCOCCCNC(=O)CCCC(=O)ON4C(=O)CCC4=O)cc3c2n1Cc1ccc(O)c(C)c1.CCCCc1nc2c(N)nc3ccc(CCCOCCCNC(=O)CCCC(=O)ON4C(=O)CCC4=O)cc3c2n1Cc1cccc(O)c1O. The van der Waals surface area contributed by atoms with E-state index in [9.17, 15) is 78.0 Å². The van der Waals surface area contributed by atoms with Crippen LogP contribution in [0.25, 0.3) is 65.8 Å². The molecule has 15 rings (SSSR count). The van der Waals surface area contributed by atoms with Gasteiger partial charge in [-0.1, -0.05) is 94.6 Å². The number of hydrogen-bond acceptors (Lipinski definition) is 31. The minimum absolute atomic E-state index is 0.0332. The molecule has 0 spiro atoms. The van der Waals surface area contributed by atoms with Crippen LogP contribution in [0, 0.1) is 13.8 Å². The monoisotopic (exact) mass is 2060 g/mol. The van der Waals surface area contributed by atoms with E-state index >= 15 is 0 Å². The number of aromatic nitrogens is 9. The van der Waals surface area contributed by atoms with Crippen LogP contribution in [0.4, 0.5) is 17.5 Å². The summed E-state index contributed by atoms with van der Waals surface area (Å²) >= 11 is 0. The summed E-state index contributed by atoms with van der Waals surface area (Å²) in [5.41, 5.74) is 34.3. The van der Waals surface area contributed by atoms with Crippen molar-refractivity contribution >= 4 is 154 Å². The number of carbonyl (C=O) groups is 12. The Morgan fingerprint density at radius 2 is 0.633 bits per heavy atom. The number of pyridine rings is 3. The predicted molar refractivity (Wildman–Crippen MR) is 560 cm³/mol. The molecule has 12 aromatic rings. The summed E-state index contributed by atoms with van der Waals surface area (Å²) in [6.45, 7) is 16.3. The quantitative estimate of drug-likeness (QED) is 0.00961. The molecule has 3 saturated heterocycles. The molecule has 798 valence electrons. The van der Waals surface area contributed by atoms with Gasteiger partial charge in [-0.25, -0.2) is 44.3 Å². The van der Waals surface area contributed by atoms with Crippen LogP contribution in [-0.4, -0.2) is 210 Å². The number of anilines is 3. The first kappa shape index (κ1) is 112. The van der Waals surface area contributed by atoms with Gasteiger partial charge in [-0.2, -0.15) is 0 Å². The average molecular weight is 2060 g/mol. The third-order valence-electron chi connectivity index (χ3n) is 26.0. The number of fused-ring (bicyclic) bond motifs is 9.